The molecule has 0 aliphatic heterocycles. The first-order valence-electron chi connectivity index (χ1n) is 9.32. The lowest BCUT2D eigenvalue weighted by Crippen LogP contribution is -2.54. The molecule has 1 aliphatic carbocycles. The average molecular weight is 349 g/mol. The average Bonchev–Trinajstić information content (AvgIpc) is 2.71. The van der Waals surface area contributed by atoms with E-state index in [2.05, 4.69) is 24.3 Å². The maximum absolute atomic E-state index is 12.6. The van der Waals surface area contributed by atoms with Crippen LogP contribution >= 0.6 is 0 Å². The summed E-state index contributed by atoms with van der Waals surface area (Å²) in [6.45, 7) is 8.96. The van der Waals surface area contributed by atoms with Crippen LogP contribution in [-0.4, -0.2) is 32.3 Å². The van der Waals surface area contributed by atoms with Gasteiger partial charge in [0.25, 0.3) is 0 Å². The van der Waals surface area contributed by atoms with Crippen molar-refractivity contribution in [1.82, 2.24) is 15.1 Å². The Bertz CT molecular complexity index is 626. The van der Waals surface area contributed by atoms with E-state index in [9.17, 15) is 14.7 Å². The van der Waals surface area contributed by atoms with Gasteiger partial charge in [-0.2, -0.15) is 5.10 Å². The number of aryl methyl sites for hydroxylation is 1. The van der Waals surface area contributed by atoms with Crippen LogP contribution in [0.15, 0.2) is 0 Å². The number of amides is 1. The molecule has 6 nitrogen and oxygen atoms in total. The fraction of sp³-hybridized carbons (Fsp3) is 0.737. The first-order valence-corrected chi connectivity index (χ1v) is 9.32. The van der Waals surface area contributed by atoms with Gasteiger partial charge in [-0.15, -0.1) is 0 Å². The Hall–Kier alpha value is -1.85. The molecule has 1 aliphatic rings. The lowest BCUT2D eigenvalue weighted by Gasteiger charge is -2.29. The molecule has 25 heavy (non-hydrogen) atoms. The summed E-state index contributed by atoms with van der Waals surface area (Å²) in [5, 5.41) is 17.1. The second-order valence-corrected chi connectivity index (χ2v) is 7.75. The van der Waals surface area contributed by atoms with Gasteiger partial charge < -0.3 is 10.4 Å². The zero-order chi connectivity index (χ0) is 18.6. The van der Waals surface area contributed by atoms with Gasteiger partial charge in [-0.1, -0.05) is 39.5 Å². The number of nitrogens with zero attached hydrogens (tertiary/aromatic N) is 2. The summed E-state index contributed by atoms with van der Waals surface area (Å²) < 4.78 is 1.95. The predicted octanol–water partition coefficient (Wildman–Crippen LogP) is 2.99. The van der Waals surface area contributed by atoms with Gasteiger partial charge in [0.05, 0.1) is 12.1 Å². The van der Waals surface area contributed by atoms with Crippen molar-refractivity contribution in [2.45, 2.75) is 84.7 Å². The third-order valence-corrected chi connectivity index (χ3v) is 5.15. The van der Waals surface area contributed by atoms with Gasteiger partial charge >= 0.3 is 5.97 Å². The number of carbonyl (C=O) groups is 2. The molecule has 1 fully saturated rings. The third-order valence-electron chi connectivity index (χ3n) is 5.15. The molecule has 0 spiro atoms. The van der Waals surface area contributed by atoms with E-state index in [1.807, 2.05) is 18.5 Å². The highest BCUT2D eigenvalue weighted by molar-refractivity contribution is 5.88. The number of nitrogens with one attached hydrogen (secondary N) is 1. The monoisotopic (exact) mass is 349 g/mol. The van der Waals surface area contributed by atoms with Crippen LogP contribution in [0.5, 0.6) is 0 Å². The van der Waals surface area contributed by atoms with Crippen LogP contribution in [0.25, 0.3) is 0 Å². The van der Waals surface area contributed by atoms with Crippen LogP contribution in [0.3, 0.4) is 0 Å². The normalized spacial score (nSPS) is 17.3. The first kappa shape index (κ1) is 19.5. The van der Waals surface area contributed by atoms with Crippen LogP contribution in [0.2, 0.25) is 0 Å². The topological polar surface area (TPSA) is 84.2 Å². The minimum atomic E-state index is -1.11. The molecule has 6 heteroatoms. The van der Waals surface area contributed by atoms with Crippen molar-refractivity contribution < 1.29 is 14.7 Å². The van der Waals surface area contributed by atoms with E-state index in [0.29, 0.717) is 18.8 Å². The number of hydrogen-bond donors (Lipinski definition) is 2. The number of carbonyl (C=O) groups excluding carboxylic acids is 1. The van der Waals surface area contributed by atoms with E-state index in [1.165, 1.54) is 0 Å². The minimum Gasteiger partial charge on any atom is -0.480 e. The molecule has 1 aromatic rings. The molecule has 1 saturated carbocycles. The Morgan fingerprint density at radius 3 is 2.32 bits per heavy atom. The van der Waals surface area contributed by atoms with Gasteiger partial charge in [-0.3, -0.25) is 9.48 Å². The molecule has 140 valence electrons. The largest absolute Gasteiger partial charge is 0.480 e. The molecule has 0 atom stereocenters. The van der Waals surface area contributed by atoms with Gasteiger partial charge in [0.2, 0.25) is 5.91 Å². The number of aromatic nitrogens is 2. The molecule has 0 bridgehead atoms. The van der Waals surface area contributed by atoms with Gasteiger partial charge in [0.1, 0.15) is 5.54 Å². The molecule has 0 unspecified atom stereocenters. The Morgan fingerprint density at radius 2 is 1.80 bits per heavy atom. The fourth-order valence-corrected chi connectivity index (χ4v) is 3.71. The van der Waals surface area contributed by atoms with Crippen molar-refractivity contribution in [1.29, 1.82) is 0 Å². The number of carboxylic acids is 1. The summed E-state index contributed by atoms with van der Waals surface area (Å²) in [6, 6.07) is 0. The molecule has 2 rings (SSSR count). The van der Waals surface area contributed by atoms with Crippen molar-refractivity contribution in [3.63, 3.8) is 0 Å². The smallest absolute Gasteiger partial charge is 0.329 e. The highest BCUT2D eigenvalue weighted by Crippen LogP contribution is 2.28. The van der Waals surface area contributed by atoms with E-state index >= 15 is 0 Å². The lowest BCUT2D eigenvalue weighted by molar-refractivity contribution is -0.148. The van der Waals surface area contributed by atoms with Crippen LogP contribution in [0, 0.1) is 19.8 Å². The molecular formula is C19H31N3O3. The number of rotatable bonds is 6. The SMILES string of the molecule is Cc1nn(CC(C)C)c(C)c1CC(=O)NC1(C(=O)O)CCCCCC1. The van der Waals surface area contributed by atoms with Crippen LogP contribution in [-0.2, 0) is 22.6 Å². The maximum atomic E-state index is 12.6. The van der Waals surface area contributed by atoms with Crippen molar-refractivity contribution >= 4 is 11.9 Å². The quantitative estimate of drug-likeness (QED) is 0.773. The lowest BCUT2D eigenvalue weighted by atomic mass is 9.90. The summed E-state index contributed by atoms with van der Waals surface area (Å²) in [6.07, 6.45) is 4.96. The van der Waals surface area contributed by atoms with E-state index in [1.54, 1.807) is 0 Å². The zero-order valence-electron chi connectivity index (χ0n) is 15.9. The van der Waals surface area contributed by atoms with E-state index in [-0.39, 0.29) is 12.3 Å². The Balaban J connectivity index is 2.13. The molecule has 0 aromatic carbocycles. The highest BCUT2D eigenvalue weighted by Gasteiger charge is 2.40. The summed E-state index contributed by atoms with van der Waals surface area (Å²) in [5.41, 5.74) is 1.64. The molecule has 0 saturated heterocycles. The van der Waals surface area contributed by atoms with E-state index in [0.717, 1.165) is 49.2 Å². The number of aliphatic carboxylic acids is 1. The van der Waals surface area contributed by atoms with Gasteiger partial charge in [0.15, 0.2) is 0 Å². The van der Waals surface area contributed by atoms with Crippen LogP contribution in [0.4, 0.5) is 0 Å². The van der Waals surface area contributed by atoms with Crippen LogP contribution < -0.4 is 5.32 Å². The predicted molar refractivity (Wildman–Crippen MR) is 96.5 cm³/mol. The fourth-order valence-electron chi connectivity index (χ4n) is 3.71. The molecular weight excluding hydrogens is 318 g/mol. The first-order chi connectivity index (χ1) is 11.7. The van der Waals surface area contributed by atoms with Crippen molar-refractivity contribution in [3.8, 4) is 0 Å². The Labute approximate surface area is 150 Å². The zero-order valence-corrected chi connectivity index (χ0v) is 15.9. The number of hydrogen-bond acceptors (Lipinski definition) is 3. The summed E-state index contributed by atoms with van der Waals surface area (Å²) >= 11 is 0. The van der Waals surface area contributed by atoms with Crippen LogP contribution in [0.1, 0.15) is 69.3 Å². The standard InChI is InChI=1S/C19H31N3O3/c1-13(2)12-22-15(4)16(14(3)21-22)11-17(23)20-19(18(24)25)9-7-5-6-8-10-19/h13H,5-12H2,1-4H3,(H,20,23)(H,24,25). The van der Waals surface area contributed by atoms with Crippen molar-refractivity contribution in [2.75, 3.05) is 0 Å². The van der Waals surface area contributed by atoms with Gasteiger partial charge in [-0.25, -0.2) is 4.79 Å². The van der Waals surface area contributed by atoms with Crippen molar-refractivity contribution in [2.24, 2.45) is 5.92 Å². The Kier molecular flexibility index (Phi) is 6.25. The Morgan fingerprint density at radius 1 is 1.20 bits per heavy atom. The number of carboxylic acid groups (broad SMARTS) is 1. The molecule has 1 amide bonds. The molecule has 1 aromatic heterocycles. The second-order valence-electron chi connectivity index (χ2n) is 7.75. The second kappa shape index (κ2) is 8.02. The van der Waals surface area contributed by atoms with Gasteiger partial charge in [-0.05, 0) is 32.6 Å². The summed E-state index contributed by atoms with van der Waals surface area (Å²) in [7, 11) is 0. The van der Waals surface area contributed by atoms with E-state index in [4.69, 9.17) is 0 Å². The summed E-state index contributed by atoms with van der Waals surface area (Å²) in [5.74, 6) is -0.660. The summed E-state index contributed by atoms with van der Waals surface area (Å²) in [4.78, 5) is 24.5. The highest BCUT2D eigenvalue weighted by atomic mass is 16.4. The molecule has 1 heterocycles. The third kappa shape index (κ3) is 4.61. The maximum Gasteiger partial charge on any atom is 0.329 e. The minimum absolute atomic E-state index is 0.185. The van der Waals surface area contributed by atoms with Gasteiger partial charge in [0, 0.05) is 17.8 Å². The molecule has 2 N–H and O–H groups in total. The van der Waals surface area contributed by atoms with Crippen molar-refractivity contribution in [3.05, 3.63) is 17.0 Å². The van der Waals surface area contributed by atoms with E-state index < -0.39 is 11.5 Å². The molecule has 0 radical (unpaired) electrons.